The van der Waals surface area contributed by atoms with Gasteiger partial charge in [-0.3, -0.25) is 0 Å². The van der Waals surface area contributed by atoms with Gasteiger partial charge in [-0.2, -0.15) is 8.42 Å². The van der Waals surface area contributed by atoms with Gasteiger partial charge >= 0.3 is 0 Å². The van der Waals surface area contributed by atoms with Crippen LogP contribution in [0.2, 0.25) is 0 Å². The molecular weight excluding hydrogens is 276 g/mol. The van der Waals surface area contributed by atoms with E-state index in [1.165, 1.54) is 25.6 Å². The molecule has 0 unspecified atom stereocenters. The molecule has 0 spiro atoms. The molecule has 20 heavy (non-hydrogen) atoms. The van der Waals surface area contributed by atoms with E-state index in [-0.39, 0.29) is 4.90 Å². The largest absolute Gasteiger partial charge is 0.497 e. The molecule has 0 amide bonds. The average molecular weight is 298 g/mol. The van der Waals surface area contributed by atoms with Crippen LogP contribution in [-0.4, -0.2) is 39.9 Å². The average Bonchev–Trinajstić information content (AvgIpc) is 2.45. The summed E-state index contributed by atoms with van der Waals surface area (Å²) in [7, 11) is -2.11. The molecule has 1 rings (SSSR count). The van der Waals surface area contributed by atoms with Gasteiger partial charge in [0.15, 0.2) is 0 Å². The summed E-state index contributed by atoms with van der Waals surface area (Å²) in [6, 6.07) is 6.21. The molecular formula is C14H22N2O3S. The second kappa shape index (κ2) is 7.89. The highest BCUT2D eigenvalue weighted by Gasteiger charge is 2.12. The number of nitrogens with zero attached hydrogens (tertiary/aromatic N) is 2. The van der Waals surface area contributed by atoms with Crippen molar-refractivity contribution < 1.29 is 13.2 Å². The first-order chi connectivity index (χ1) is 9.53. The van der Waals surface area contributed by atoms with Crippen molar-refractivity contribution in [2.24, 2.45) is 4.40 Å². The Hall–Kier alpha value is -1.56. The van der Waals surface area contributed by atoms with Gasteiger partial charge in [-0.05, 0) is 37.1 Å². The Bertz CT molecular complexity index is 518. The van der Waals surface area contributed by atoms with Crippen LogP contribution in [0.1, 0.15) is 26.7 Å². The molecule has 5 nitrogen and oxygen atoms in total. The lowest BCUT2D eigenvalue weighted by Gasteiger charge is -2.17. The van der Waals surface area contributed by atoms with Crippen LogP contribution < -0.4 is 4.74 Å². The Kier molecular flexibility index (Phi) is 6.51. The molecule has 0 aromatic heterocycles. The van der Waals surface area contributed by atoms with E-state index in [2.05, 4.69) is 18.2 Å². The first-order valence-electron chi connectivity index (χ1n) is 6.72. The molecule has 0 saturated carbocycles. The number of hydrogen-bond acceptors (Lipinski definition) is 3. The van der Waals surface area contributed by atoms with E-state index in [4.69, 9.17) is 4.74 Å². The number of sulfonamides is 1. The second-order valence-electron chi connectivity index (χ2n) is 4.41. The molecule has 112 valence electrons. The molecule has 0 saturated heterocycles. The molecule has 0 N–H and O–H groups in total. The Labute approximate surface area is 121 Å². The van der Waals surface area contributed by atoms with Gasteiger partial charge in [-0.15, -0.1) is 4.40 Å². The fraction of sp³-hybridized carbons (Fsp3) is 0.500. The van der Waals surface area contributed by atoms with E-state index in [0.717, 1.165) is 25.9 Å². The number of benzene rings is 1. The van der Waals surface area contributed by atoms with Gasteiger partial charge < -0.3 is 9.64 Å². The minimum Gasteiger partial charge on any atom is -0.497 e. The van der Waals surface area contributed by atoms with Crippen LogP contribution in [0.25, 0.3) is 0 Å². The van der Waals surface area contributed by atoms with Crippen molar-refractivity contribution in [3.63, 3.8) is 0 Å². The molecule has 0 radical (unpaired) electrons. The van der Waals surface area contributed by atoms with Crippen molar-refractivity contribution >= 4 is 16.4 Å². The predicted octanol–water partition coefficient (Wildman–Crippen LogP) is 2.53. The summed E-state index contributed by atoms with van der Waals surface area (Å²) in [6.07, 6.45) is 3.33. The number of methoxy groups -OCH3 is 1. The minimum absolute atomic E-state index is 0.169. The number of rotatable bonds is 8. The highest BCUT2D eigenvalue weighted by atomic mass is 32.2. The van der Waals surface area contributed by atoms with E-state index in [1.807, 2.05) is 4.90 Å². The molecule has 0 fully saturated rings. The van der Waals surface area contributed by atoms with Crippen molar-refractivity contribution in [1.82, 2.24) is 4.90 Å². The lowest BCUT2D eigenvalue weighted by Crippen LogP contribution is -2.24. The molecule has 0 aliphatic heterocycles. The molecule has 0 bridgehead atoms. The van der Waals surface area contributed by atoms with Crippen LogP contribution in [0, 0.1) is 0 Å². The van der Waals surface area contributed by atoms with Crippen LogP contribution in [0.15, 0.2) is 33.6 Å². The van der Waals surface area contributed by atoms with Gasteiger partial charge in [0.2, 0.25) is 0 Å². The molecule has 6 heteroatoms. The maximum absolute atomic E-state index is 12.1. The van der Waals surface area contributed by atoms with E-state index in [0.29, 0.717) is 5.75 Å². The summed E-state index contributed by atoms with van der Waals surface area (Å²) in [5.74, 6) is 0.617. The van der Waals surface area contributed by atoms with Crippen molar-refractivity contribution in [2.75, 3.05) is 20.2 Å². The zero-order chi connectivity index (χ0) is 15.0. The monoisotopic (exact) mass is 298 g/mol. The molecule has 0 atom stereocenters. The number of hydrogen-bond donors (Lipinski definition) is 0. The van der Waals surface area contributed by atoms with Crippen molar-refractivity contribution in [3.8, 4) is 5.75 Å². The van der Waals surface area contributed by atoms with Crippen LogP contribution in [0.4, 0.5) is 0 Å². The lowest BCUT2D eigenvalue weighted by atomic mass is 10.3. The Morgan fingerprint density at radius 2 is 1.70 bits per heavy atom. The first-order valence-corrected chi connectivity index (χ1v) is 8.16. The van der Waals surface area contributed by atoms with E-state index >= 15 is 0 Å². The van der Waals surface area contributed by atoms with Crippen LogP contribution in [0.3, 0.4) is 0 Å². The molecule has 0 heterocycles. The number of ether oxygens (including phenoxy) is 1. The Balaban J connectivity index is 2.86. The van der Waals surface area contributed by atoms with E-state index in [9.17, 15) is 8.42 Å². The summed E-state index contributed by atoms with van der Waals surface area (Å²) < 4.78 is 32.9. The third kappa shape index (κ3) is 4.85. The molecule has 1 aromatic rings. The van der Waals surface area contributed by atoms with Crippen molar-refractivity contribution in [2.45, 2.75) is 31.6 Å². The lowest BCUT2D eigenvalue weighted by molar-refractivity contribution is 0.414. The van der Waals surface area contributed by atoms with Gasteiger partial charge in [0.25, 0.3) is 10.0 Å². The highest BCUT2D eigenvalue weighted by molar-refractivity contribution is 7.90. The maximum atomic E-state index is 12.1. The van der Waals surface area contributed by atoms with Crippen LogP contribution in [0.5, 0.6) is 5.75 Å². The topological polar surface area (TPSA) is 59.0 Å². The second-order valence-corrected chi connectivity index (χ2v) is 6.04. The quantitative estimate of drug-likeness (QED) is 0.546. The fourth-order valence-corrected chi connectivity index (χ4v) is 2.60. The van der Waals surface area contributed by atoms with E-state index in [1.54, 1.807) is 12.1 Å². The summed E-state index contributed by atoms with van der Waals surface area (Å²) in [6.45, 7) is 5.70. The standard InChI is InChI=1S/C14H22N2O3S/c1-4-10-16(11-5-2)12-15-20(17,18)14-8-6-13(19-3)7-9-14/h6-9,12H,4-5,10-11H2,1-3H3/b15-12+. The fourth-order valence-electron chi connectivity index (χ4n) is 1.74. The SMILES string of the molecule is CCCN(/C=N/S(=O)(=O)c1ccc(OC)cc1)CCC. The normalized spacial score (nSPS) is 11.8. The zero-order valence-corrected chi connectivity index (χ0v) is 13.1. The summed E-state index contributed by atoms with van der Waals surface area (Å²) in [4.78, 5) is 2.09. The predicted molar refractivity (Wildman–Crippen MR) is 80.8 cm³/mol. The molecule has 0 aliphatic rings. The van der Waals surface area contributed by atoms with Gasteiger partial charge in [0, 0.05) is 13.1 Å². The smallest absolute Gasteiger partial charge is 0.283 e. The first kappa shape index (κ1) is 16.5. The van der Waals surface area contributed by atoms with Gasteiger partial charge in [-0.1, -0.05) is 13.8 Å². The van der Waals surface area contributed by atoms with Crippen molar-refractivity contribution in [1.29, 1.82) is 0 Å². The summed E-state index contributed by atoms with van der Waals surface area (Å²) >= 11 is 0. The minimum atomic E-state index is -3.64. The third-order valence-electron chi connectivity index (χ3n) is 2.73. The van der Waals surface area contributed by atoms with Gasteiger partial charge in [-0.25, -0.2) is 0 Å². The van der Waals surface area contributed by atoms with Crippen molar-refractivity contribution in [3.05, 3.63) is 24.3 Å². The van der Waals surface area contributed by atoms with Gasteiger partial charge in [0.05, 0.1) is 12.0 Å². The Morgan fingerprint density at radius 3 is 2.15 bits per heavy atom. The zero-order valence-electron chi connectivity index (χ0n) is 12.2. The van der Waals surface area contributed by atoms with E-state index < -0.39 is 10.0 Å². The third-order valence-corrected chi connectivity index (χ3v) is 3.97. The molecule has 1 aromatic carbocycles. The summed E-state index contributed by atoms with van der Waals surface area (Å²) in [5, 5.41) is 0. The van der Waals surface area contributed by atoms with Crippen LogP contribution in [-0.2, 0) is 10.0 Å². The van der Waals surface area contributed by atoms with Gasteiger partial charge in [0.1, 0.15) is 12.1 Å². The van der Waals surface area contributed by atoms with Crippen LogP contribution >= 0.6 is 0 Å². The summed E-state index contributed by atoms with van der Waals surface area (Å²) in [5.41, 5.74) is 0. The highest BCUT2D eigenvalue weighted by Crippen LogP contribution is 2.17. The maximum Gasteiger partial charge on any atom is 0.283 e. The Morgan fingerprint density at radius 1 is 1.15 bits per heavy atom. The molecule has 0 aliphatic carbocycles.